The van der Waals surface area contributed by atoms with E-state index in [0.717, 1.165) is 30.1 Å². The Morgan fingerprint density at radius 3 is 1.95 bits per heavy atom. The Labute approximate surface area is 342 Å². The predicted molar refractivity (Wildman–Crippen MR) is 237 cm³/mol. The van der Waals surface area contributed by atoms with Crippen molar-refractivity contribution in [2.24, 2.45) is 51.2 Å². The smallest absolute Gasteiger partial charge is 0.335 e. The number of carbonyl (C=O) groups excluding carboxylic acids is 2. The minimum atomic E-state index is -0.844. The maximum atomic E-state index is 11.4. The molecular formula is C50H76N2O4. The number of carboxylic acids is 1. The van der Waals surface area contributed by atoms with Crippen LogP contribution in [0.3, 0.4) is 0 Å². The van der Waals surface area contributed by atoms with Crippen LogP contribution in [-0.4, -0.2) is 36.5 Å². The van der Waals surface area contributed by atoms with E-state index in [1.165, 1.54) is 82.3 Å². The molecule has 6 nitrogen and oxygen atoms in total. The summed E-state index contributed by atoms with van der Waals surface area (Å²) in [6, 6.07) is 7.64. The highest BCUT2D eigenvalue weighted by Gasteiger charge is 2.64. The summed E-state index contributed by atoms with van der Waals surface area (Å²) >= 11 is 0. The highest BCUT2D eigenvalue weighted by Crippen LogP contribution is 2.73. The summed E-state index contributed by atoms with van der Waals surface area (Å²) in [4.78, 5) is 31.4. The third-order valence-corrected chi connectivity index (χ3v) is 13.9. The van der Waals surface area contributed by atoms with Crippen LogP contribution in [0.1, 0.15) is 149 Å². The lowest BCUT2D eigenvalue weighted by Gasteiger charge is -2.68. The predicted octanol–water partition coefficient (Wildman–Crippen LogP) is 11.1. The summed E-state index contributed by atoms with van der Waals surface area (Å²) in [5.41, 5.74) is 4.65. The molecule has 0 radical (unpaired) electrons. The maximum Gasteiger partial charge on any atom is 0.335 e. The molecule has 56 heavy (non-hydrogen) atoms. The Balaban J connectivity index is 0.00000122. The molecule has 4 fully saturated rings. The van der Waals surface area contributed by atoms with Crippen molar-refractivity contribution in [1.82, 2.24) is 10.6 Å². The van der Waals surface area contributed by atoms with Crippen molar-refractivity contribution >= 4 is 23.9 Å². The summed E-state index contributed by atoms with van der Waals surface area (Å²) in [5, 5.41) is 14.4. The second-order valence-corrected chi connectivity index (χ2v) is 16.9. The van der Waals surface area contributed by atoms with Gasteiger partial charge in [-0.3, -0.25) is 9.59 Å². The van der Waals surface area contributed by atoms with E-state index in [0.29, 0.717) is 47.2 Å². The molecule has 6 heteroatoms. The molecule has 3 N–H and O–H groups in total. The Hall–Kier alpha value is -4.21. The summed E-state index contributed by atoms with van der Waals surface area (Å²) in [6.07, 6.45) is 44.0. The lowest BCUT2D eigenvalue weighted by atomic mass is 9.36. The van der Waals surface area contributed by atoms with Crippen LogP contribution < -0.4 is 10.6 Å². The Morgan fingerprint density at radius 1 is 0.821 bits per heavy atom. The van der Waals surface area contributed by atoms with Gasteiger partial charge in [0.05, 0.1) is 5.56 Å². The molecule has 1 aromatic rings. The number of amides is 2. The molecule has 5 aliphatic rings. The van der Waals surface area contributed by atoms with Crippen molar-refractivity contribution in [3.8, 4) is 38.5 Å². The largest absolute Gasteiger partial charge is 0.478 e. The lowest BCUT2D eigenvalue weighted by Crippen LogP contribution is -2.60. The van der Waals surface area contributed by atoms with E-state index in [1.807, 2.05) is 32.9 Å². The van der Waals surface area contributed by atoms with Gasteiger partial charge in [-0.15, -0.1) is 45.1 Å². The minimum Gasteiger partial charge on any atom is -0.478 e. The van der Waals surface area contributed by atoms with Crippen molar-refractivity contribution in [2.75, 3.05) is 13.1 Å². The molecule has 8 atom stereocenters. The monoisotopic (exact) mass is 769 g/mol. The molecule has 4 saturated carbocycles. The minimum absolute atomic E-state index is 0.0360. The molecule has 0 saturated heterocycles. The zero-order chi connectivity index (χ0) is 43.3. The second kappa shape index (κ2) is 24.4. The number of allylic oxidation sites excluding steroid dienone is 3. The molecule has 0 bridgehead atoms. The van der Waals surface area contributed by atoms with Crippen molar-refractivity contribution in [3.05, 3.63) is 54.1 Å². The van der Waals surface area contributed by atoms with Gasteiger partial charge in [0.15, 0.2) is 0 Å². The summed E-state index contributed by atoms with van der Waals surface area (Å²) in [7, 11) is 0. The molecule has 6 rings (SSSR count). The van der Waals surface area contributed by atoms with Crippen molar-refractivity contribution < 1.29 is 19.5 Å². The molecule has 1 aromatic carbocycles. The first-order chi connectivity index (χ1) is 26.7. The van der Waals surface area contributed by atoms with Gasteiger partial charge in [0.1, 0.15) is 0 Å². The SMILES string of the molecule is C#C.C#C.C#C.C=CC.CC.CC(=O)NCCCNC=O.CC1(C)C(c2ccc(C(=O)O)cc2)=CC[C@@]2(C)C1CC[C@@]1(C)C3CC[C@@]4(C)CCCC4[C@H]3CCC12. The zero-order valence-corrected chi connectivity index (χ0v) is 36.5. The third-order valence-electron chi connectivity index (χ3n) is 13.9. The van der Waals surface area contributed by atoms with Crippen LogP contribution in [0.2, 0.25) is 0 Å². The summed E-state index contributed by atoms with van der Waals surface area (Å²) in [5.74, 6) is 3.54. The number of hydrogen-bond donors (Lipinski definition) is 3. The number of aromatic carboxylic acids is 1. The summed E-state index contributed by atoms with van der Waals surface area (Å²) < 4.78 is 0. The zero-order valence-electron chi connectivity index (χ0n) is 36.5. The first-order valence-corrected chi connectivity index (χ1v) is 20.7. The van der Waals surface area contributed by atoms with Crippen molar-refractivity contribution in [2.45, 2.75) is 133 Å². The normalized spacial score (nSPS) is 30.7. The van der Waals surface area contributed by atoms with Gasteiger partial charge in [0.2, 0.25) is 12.3 Å². The van der Waals surface area contributed by atoms with Crippen LogP contribution in [0, 0.1) is 89.8 Å². The number of terminal acetylenes is 3. The van der Waals surface area contributed by atoms with Crippen molar-refractivity contribution in [3.63, 3.8) is 0 Å². The van der Waals surface area contributed by atoms with E-state index >= 15 is 0 Å². The Bertz CT molecular complexity index is 1450. The fourth-order valence-electron chi connectivity index (χ4n) is 12.0. The number of hydrogen-bond acceptors (Lipinski definition) is 3. The van der Waals surface area contributed by atoms with Gasteiger partial charge in [-0.25, -0.2) is 4.79 Å². The Morgan fingerprint density at radius 2 is 1.41 bits per heavy atom. The van der Waals surface area contributed by atoms with Gasteiger partial charge < -0.3 is 15.7 Å². The highest BCUT2D eigenvalue weighted by molar-refractivity contribution is 5.88. The highest BCUT2D eigenvalue weighted by atomic mass is 16.4. The summed E-state index contributed by atoms with van der Waals surface area (Å²) in [6.45, 7) is 24.9. The second-order valence-electron chi connectivity index (χ2n) is 16.9. The fraction of sp³-hybridized carbons (Fsp3) is 0.620. The number of rotatable bonds is 7. The van der Waals surface area contributed by atoms with Gasteiger partial charge in [-0.1, -0.05) is 79.2 Å². The standard InChI is InChI=1S/C33H46O2.C6H12N2O2.C3H6.C2H6.3C2H2/c1-30(2)24(21-8-10-22(11-9-21)29(34)35)15-19-33(5)27(30)16-20-32(4)26-14-18-31(3)17-6-7-25(31)23(26)12-13-28(32)33;1-6(10)8-4-2-3-7-5-9;1-3-2;4*1-2/h8-11,15,23,25-28H,6-7,12-14,16-20H2,1-5H3,(H,34,35);5H,2-4H2,1H3,(H,7,9)(H,8,10);3H,1H2,2H3;1-2H3;3*1-2H/t23-,25?,26?,27?,28?,31-,32+,33+;;;;;;/m1....../s1. The number of nitrogens with one attached hydrogen (secondary N) is 2. The topological polar surface area (TPSA) is 95.5 Å². The van der Waals surface area contributed by atoms with Crippen LogP contribution in [0.15, 0.2) is 43.0 Å². The van der Waals surface area contributed by atoms with Gasteiger partial charge >= 0.3 is 5.97 Å². The molecule has 5 aliphatic carbocycles. The van der Waals surface area contributed by atoms with E-state index < -0.39 is 5.97 Å². The number of fused-ring (bicyclic) bond motifs is 7. The average Bonchev–Trinajstić information content (AvgIpc) is 3.60. The lowest BCUT2D eigenvalue weighted by molar-refractivity contribution is -0.176. The van der Waals surface area contributed by atoms with E-state index in [2.05, 4.69) is 96.4 Å². The molecule has 0 heterocycles. The average molecular weight is 769 g/mol. The maximum absolute atomic E-state index is 11.4. The Kier molecular flexibility index (Phi) is 22.6. The van der Waals surface area contributed by atoms with Crippen LogP contribution in [0.4, 0.5) is 0 Å². The molecular weight excluding hydrogens is 693 g/mol. The molecule has 310 valence electrons. The van der Waals surface area contributed by atoms with Gasteiger partial charge in [0.25, 0.3) is 0 Å². The molecule has 4 unspecified atom stereocenters. The quantitative estimate of drug-likeness (QED) is 0.111. The van der Waals surface area contributed by atoms with Crippen LogP contribution in [0.5, 0.6) is 0 Å². The number of carboxylic acid groups (broad SMARTS) is 1. The molecule has 0 aliphatic heterocycles. The van der Waals surface area contributed by atoms with Crippen LogP contribution in [-0.2, 0) is 9.59 Å². The molecule has 0 spiro atoms. The van der Waals surface area contributed by atoms with E-state index in [1.54, 1.807) is 18.2 Å². The van der Waals surface area contributed by atoms with E-state index in [9.17, 15) is 19.5 Å². The molecule has 0 aromatic heterocycles. The van der Waals surface area contributed by atoms with Gasteiger partial charge in [-0.2, -0.15) is 0 Å². The molecule has 2 amide bonds. The fourth-order valence-corrected chi connectivity index (χ4v) is 12.0. The van der Waals surface area contributed by atoms with Crippen molar-refractivity contribution in [1.29, 1.82) is 0 Å². The van der Waals surface area contributed by atoms with Gasteiger partial charge in [0, 0.05) is 20.0 Å². The first-order valence-electron chi connectivity index (χ1n) is 20.7. The number of benzene rings is 1. The van der Waals surface area contributed by atoms with E-state index in [4.69, 9.17) is 0 Å². The first kappa shape index (κ1) is 51.8. The van der Waals surface area contributed by atoms with E-state index in [-0.39, 0.29) is 11.3 Å². The van der Waals surface area contributed by atoms with Crippen LogP contribution >= 0.6 is 0 Å². The third kappa shape index (κ3) is 11.7. The van der Waals surface area contributed by atoms with Gasteiger partial charge in [-0.05, 0) is 146 Å². The van der Waals surface area contributed by atoms with Crippen LogP contribution in [0.25, 0.3) is 5.57 Å². The number of carbonyl (C=O) groups is 3.